The number of carbonyl (C=O) groups excluding carboxylic acids is 1. The molecule has 0 N–H and O–H groups in total. The highest BCUT2D eigenvalue weighted by Gasteiger charge is 2.43. The number of non-ortho nitro benzene ring substituents is 1. The number of ketones is 1. The lowest BCUT2D eigenvalue weighted by atomic mass is 9.93. The lowest BCUT2D eigenvalue weighted by Crippen LogP contribution is -2.34. The van der Waals surface area contributed by atoms with E-state index in [4.69, 9.17) is 0 Å². The average Bonchev–Trinajstić information content (AvgIpc) is 3.38. The molecule has 0 spiro atoms. The summed E-state index contributed by atoms with van der Waals surface area (Å²) in [6.45, 7) is -0.278. The monoisotopic (exact) mass is 519 g/mol. The molecule has 12 heteroatoms. The van der Waals surface area contributed by atoms with Gasteiger partial charge in [0.05, 0.1) is 28.9 Å². The van der Waals surface area contributed by atoms with Crippen LogP contribution in [0.15, 0.2) is 89.9 Å². The molecule has 0 saturated heterocycles. The maximum Gasteiger partial charge on any atom is 0.455 e. The molecule has 38 heavy (non-hydrogen) atoms. The summed E-state index contributed by atoms with van der Waals surface area (Å²) in [6.07, 6.45) is -3.83. The van der Waals surface area contributed by atoms with Crippen molar-refractivity contribution in [2.24, 2.45) is 0 Å². The summed E-state index contributed by atoms with van der Waals surface area (Å²) in [5.41, 5.74) is -1.05. The van der Waals surface area contributed by atoms with Gasteiger partial charge in [0, 0.05) is 23.1 Å². The number of para-hydroxylation sites is 1. The van der Waals surface area contributed by atoms with Gasteiger partial charge in [-0.25, -0.2) is 4.68 Å². The normalized spacial score (nSPS) is 11.6. The Balaban J connectivity index is 1.67. The van der Waals surface area contributed by atoms with Crippen LogP contribution >= 0.6 is 0 Å². The average molecular weight is 519 g/mol. The predicted octanol–water partition coefficient (Wildman–Crippen LogP) is 4.95. The van der Waals surface area contributed by atoms with Gasteiger partial charge in [0.1, 0.15) is 11.3 Å². The van der Waals surface area contributed by atoms with Crippen LogP contribution in [-0.4, -0.2) is 36.4 Å². The van der Waals surface area contributed by atoms with Crippen LogP contribution in [0.3, 0.4) is 0 Å². The molecule has 2 heterocycles. The molecular formula is C26H16F3N5O4. The standard InChI is InChI=1S/C26H16F3N5O4/c27-26(28,29)24(35)23-22(16-6-2-1-3-7-16)20-8-4-5-9-21(20)32(25(23)36)14-17-15-33(31-30-17)18-10-12-19(13-11-18)34(37)38/h1-13,15H,14H2. The van der Waals surface area contributed by atoms with Crippen molar-refractivity contribution in [3.63, 3.8) is 0 Å². The minimum absolute atomic E-state index is 0.0979. The molecule has 0 bridgehead atoms. The van der Waals surface area contributed by atoms with Crippen LogP contribution in [0.25, 0.3) is 27.7 Å². The van der Waals surface area contributed by atoms with Crippen molar-refractivity contribution in [2.75, 3.05) is 0 Å². The number of nitro benzene ring substituents is 1. The molecule has 0 unspecified atom stereocenters. The largest absolute Gasteiger partial charge is 0.455 e. The molecule has 5 aromatic rings. The first-order chi connectivity index (χ1) is 18.1. The summed E-state index contributed by atoms with van der Waals surface area (Å²) in [6, 6.07) is 19.8. The smallest absolute Gasteiger partial charge is 0.301 e. The fourth-order valence-corrected chi connectivity index (χ4v) is 4.21. The van der Waals surface area contributed by atoms with Gasteiger partial charge < -0.3 is 4.57 Å². The van der Waals surface area contributed by atoms with Gasteiger partial charge in [-0.2, -0.15) is 13.2 Å². The Labute approximate surface area is 211 Å². The minimum Gasteiger partial charge on any atom is -0.301 e. The third kappa shape index (κ3) is 4.43. The van der Waals surface area contributed by atoms with E-state index in [1.54, 1.807) is 42.5 Å². The molecule has 0 aliphatic heterocycles. The van der Waals surface area contributed by atoms with Gasteiger partial charge in [-0.05, 0) is 23.8 Å². The molecule has 9 nitrogen and oxygen atoms in total. The molecule has 0 amide bonds. The van der Waals surface area contributed by atoms with Gasteiger partial charge in [0.2, 0.25) is 0 Å². The van der Waals surface area contributed by atoms with E-state index >= 15 is 0 Å². The first kappa shape index (κ1) is 24.6. The van der Waals surface area contributed by atoms with Crippen LogP contribution in [0.1, 0.15) is 16.1 Å². The number of halogens is 3. The van der Waals surface area contributed by atoms with Gasteiger partial charge in [0.25, 0.3) is 17.0 Å². The second-order valence-electron chi connectivity index (χ2n) is 8.28. The van der Waals surface area contributed by atoms with Crippen molar-refractivity contribution in [3.05, 3.63) is 117 Å². The van der Waals surface area contributed by atoms with Crippen LogP contribution in [0.2, 0.25) is 0 Å². The van der Waals surface area contributed by atoms with Gasteiger partial charge in [0.15, 0.2) is 0 Å². The first-order valence-electron chi connectivity index (χ1n) is 11.1. The number of alkyl halides is 3. The zero-order chi connectivity index (χ0) is 27.0. The molecule has 0 aliphatic rings. The van der Waals surface area contributed by atoms with Gasteiger partial charge in [-0.15, -0.1) is 5.10 Å². The van der Waals surface area contributed by atoms with Crippen molar-refractivity contribution in [3.8, 4) is 16.8 Å². The number of carbonyl (C=O) groups is 1. The summed E-state index contributed by atoms with van der Waals surface area (Å²) < 4.78 is 43.4. The number of fused-ring (bicyclic) bond motifs is 1. The van der Waals surface area contributed by atoms with Crippen molar-refractivity contribution in [1.29, 1.82) is 0 Å². The molecular weight excluding hydrogens is 503 g/mol. The molecule has 0 fully saturated rings. The first-order valence-corrected chi connectivity index (χ1v) is 11.1. The number of hydrogen-bond acceptors (Lipinski definition) is 6. The molecule has 0 radical (unpaired) electrons. The number of pyridine rings is 1. The maximum absolute atomic E-state index is 13.7. The van der Waals surface area contributed by atoms with E-state index in [2.05, 4.69) is 10.3 Å². The van der Waals surface area contributed by atoms with Gasteiger partial charge >= 0.3 is 6.18 Å². The summed E-state index contributed by atoms with van der Waals surface area (Å²) in [4.78, 5) is 36.5. The summed E-state index contributed by atoms with van der Waals surface area (Å²) in [5.74, 6) is -2.24. The van der Waals surface area contributed by atoms with Crippen LogP contribution in [-0.2, 0) is 6.54 Å². The third-order valence-electron chi connectivity index (χ3n) is 5.91. The molecule has 0 aliphatic carbocycles. The zero-order valence-corrected chi connectivity index (χ0v) is 19.3. The Morgan fingerprint density at radius 1 is 0.947 bits per heavy atom. The highest BCUT2D eigenvalue weighted by molar-refractivity contribution is 6.11. The number of hydrogen-bond donors (Lipinski definition) is 0. The lowest BCUT2D eigenvalue weighted by Gasteiger charge is -2.18. The Hall–Kier alpha value is -5.13. The Kier molecular flexibility index (Phi) is 6.07. The molecule has 0 saturated carbocycles. The second kappa shape index (κ2) is 9.39. The van der Waals surface area contributed by atoms with Crippen molar-refractivity contribution < 1.29 is 22.9 Å². The van der Waals surface area contributed by atoms with Crippen molar-refractivity contribution in [2.45, 2.75) is 12.7 Å². The fraction of sp³-hybridized carbons (Fsp3) is 0.0769. The topological polar surface area (TPSA) is 113 Å². The number of Topliss-reactive ketones (excluding diaryl/α,β-unsaturated/α-hetero) is 1. The Morgan fingerprint density at radius 2 is 1.61 bits per heavy atom. The quantitative estimate of drug-likeness (QED) is 0.178. The number of aromatic nitrogens is 4. The van der Waals surface area contributed by atoms with E-state index in [0.717, 1.165) is 4.57 Å². The van der Waals surface area contributed by atoms with Crippen LogP contribution in [0, 0.1) is 10.1 Å². The van der Waals surface area contributed by atoms with E-state index in [0.29, 0.717) is 16.8 Å². The van der Waals surface area contributed by atoms with Crippen molar-refractivity contribution >= 4 is 22.4 Å². The van der Waals surface area contributed by atoms with E-state index in [-0.39, 0.29) is 28.9 Å². The molecule has 2 aromatic heterocycles. The highest BCUT2D eigenvalue weighted by atomic mass is 19.4. The summed E-state index contributed by atoms with van der Waals surface area (Å²) >= 11 is 0. The summed E-state index contributed by atoms with van der Waals surface area (Å²) in [7, 11) is 0. The van der Waals surface area contributed by atoms with Crippen LogP contribution < -0.4 is 5.56 Å². The second-order valence-corrected chi connectivity index (χ2v) is 8.28. The maximum atomic E-state index is 13.7. The lowest BCUT2D eigenvalue weighted by molar-refractivity contribution is -0.384. The molecule has 3 aromatic carbocycles. The van der Waals surface area contributed by atoms with Gasteiger partial charge in [-0.3, -0.25) is 19.7 Å². The highest BCUT2D eigenvalue weighted by Crippen LogP contribution is 2.34. The summed E-state index contributed by atoms with van der Waals surface area (Å²) in [5, 5.41) is 19.1. The number of rotatable bonds is 6. The molecule has 190 valence electrons. The minimum atomic E-state index is -5.28. The number of nitro groups is 1. The zero-order valence-electron chi connectivity index (χ0n) is 19.3. The predicted molar refractivity (Wildman–Crippen MR) is 131 cm³/mol. The van der Waals surface area contributed by atoms with Crippen LogP contribution in [0.4, 0.5) is 18.9 Å². The number of nitrogens with zero attached hydrogens (tertiary/aromatic N) is 5. The van der Waals surface area contributed by atoms with Gasteiger partial charge in [-0.1, -0.05) is 53.7 Å². The molecule has 0 atom stereocenters. The van der Waals surface area contributed by atoms with Crippen molar-refractivity contribution in [1.82, 2.24) is 19.6 Å². The van der Waals surface area contributed by atoms with E-state index in [1.165, 1.54) is 47.3 Å². The van der Waals surface area contributed by atoms with E-state index in [1.807, 2.05) is 0 Å². The third-order valence-corrected chi connectivity index (χ3v) is 5.91. The fourth-order valence-electron chi connectivity index (χ4n) is 4.21. The molecule has 5 rings (SSSR count). The van der Waals surface area contributed by atoms with E-state index in [9.17, 15) is 32.9 Å². The van der Waals surface area contributed by atoms with Crippen LogP contribution in [0.5, 0.6) is 0 Å². The Bertz CT molecular complexity index is 1740. The van der Waals surface area contributed by atoms with E-state index < -0.39 is 28.0 Å². The Morgan fingerprint density at radius 3 is 2.26 bits per heavy atom. The number of benzene rings is 3. The SMILES string of the molecule is O=C(c1c(-c2ccccc2)c2ccccc2n(Cc2cn(-c3ccc([N+](=O)[O-])cc3)nn2)c1=O)C(F)(F)F.